The van der Waals surface area contributed by atoms with E-state index >= 15 is 0 Å². The highest BCUT2D eigenvalue weighted by molar-refractivity contribution is 7.99. The molecular weight excluding hydrogens is 314 g/mol. The van der Waals surface area contributed by atoms with Crippen molar-refractivity contribution in [3.8, 4) is 0 Å². The largest absolute Gasteiger partial charge is 0.352 e. The molecule has 0 aliphatic heterocycles. The van der Waals surface area contributed by atoms with Crippen LogP contribution in [0.2, 0.25) is 0 Å². The molecule has 0 unspecified atom stereocenters. The van der Waals surface area contributed by atoms with Gasteiger partial charge in [0.1, 0.15) is 0 Å². The van der Waals surface area contributed by atoms with Crippen LogP contribution in [0.3, 0.4) is 0 Å². The molecule has 0 spiro atoms. The average molecular weight is 343 g/mol. The number of benzene rings is 1. The van der Waals surface area contributed by atoms with Crippen LogP contribution in [0.5, 0.6) is 0 Å². The number of ether oxygens (including phenoxy) is 2. The van der Waals surface area contributed by atoms with E-state index in [0.29, 0.717) is 0 Å². The van der Waals surface area contributed by atoms with Crippen molar-refractivity contribution in [2.24, 2.45) is 5.92 Å². The second-order valence-corrected chi connectivity index (χ2v) is 5.60. The third kappa shape index (κ3) is 7.33. The second-order valence-electron chi connectivity index (χ2n) is 4.54. The number of non-ortho nitro benzene ring substituents is 1. The van der Waals surface area contributed by atoms with E-state index in [-0.39, 0.29) is 5.69 Å². The fraction of sp³-hybridized carbons (Fsp3) is 0.647. The van der Waals surface area contributed by atoms with E-state index in [4.69, 9.17) is 9.47 Å². The van der Waals surface area contributed by atoms with Gasteiger partial charge in [0.25, 0.3) is 5.69 Å². The van der Waals surface area contributed by atoms with Crippen LogP contribution >= 0.6 is 11.8 Å². The van der Waals surface area contributed by atoms with Gasteiger partial charge in [-0.05, 0) is 24.8 Å². The summed E-state index contributed by atoms with van der Waals surface area (Å²) < 4.78 is 10.5. The molecule has 1 aromatic carbocycles. The summed E-state index contributed by atoms with van der Waals surface area (Å²) in [5.74, 6) is 1.84. The lowest BCUT2D eigenvalue weighted by Crippen LogP contribution is -2.06. The number of nitro benzene ring substituents is 1. The van der Waals surface area contributed by atoms with Crippen LogP contribution < -0.4 is 0 Å². The molecule has 1 fully saturated rings. The van der Waals surface area contributed by atoms with Crippen LogP contribution in [0, 0.1) is 16.0 Å². The summed E-state index contributed by atoms with van der Waals surface area (Å²) in [6.45, 7) is 8.00. The Bertz CT molecular complexity index is 460. The molecular formula is C17H29NO4S. The third-order valence-corrected chi connectivity index (χ3v) is 4.38. The Balaban J connectivity index is 0.00000112. The maximum Gasteiger partial charge on any atom is 0.269 e. The Morgan fingerprint density at radius 1 is 1.22 bits per heavy atom. The number of nitrogens with zero attached hydrogens (tertiary/aromatic N) is 1. The van der Waals surface area contributed by atoms with Crippen molar-refractivity contribution < 1.29 is 14.4 Å². The molecule has 23 heavy (non-hydrogen) atoms. The zero-order valence-electron chi connectivity index (χ0n) is 15.0. The topological polar surface area (TPSA) is 61.6 Å². The first-order valence-corrected chi connectivity index (χ1v) is 9.11. The third-order valence-electron chi connectivity index (χ3n) is 3.06. The number of nitro groups is 1. The van der Waals surface area contributed by atoms with E-state index in [1.54, 1.807) is 17.8 Å². The van der Waals surface area contributed by atoms with E-state index in [9.17, 15) is 10.1 Å². The van der Waals surface area contributed by atoms with Gasteiger partial charge in [-0.1, -0.05) is 27.7 Å². The summed E-state index contributed by atoms with van der Waals surface area (Å²) in [6.07, 6.45) is 2.00. The van der Waals surface area contributed by atoms with Crippen LogP contribution in [0.15, 0.2) is 23.1 Å². The summed E-state index contributed by atoms with van der Waals surface area (Å²) in [5, 5.41) is 10.9. The lowest BCUT2D eigenvalue weighted by Gasteiger charge is -2.17. The normalized spacial score (nSPS) is 12.8. The highest BCUT2D eigenvalue weighted by Crippen LogP contribution is 2.38. The molecule has 6 heteroatoms. The van der Waals surface area contributed by atoms with E-state index < -0.39 is 11.2 Å². The minimum absolute atomic E-state index is 0.0601. The fourth-order valence-electron chi connectivity index (χ4n) is 1.81. The summed E-state index contributed by atoms with van der Waals surface area (Å²) in [5.41, 5.74) is 0.787. The molecule has 0 N–H and O–H groups in total. The summed E-state index contributed by atoms with van der Waals surface area (Å²) in [6, 6.07) is 4.85. The van der Waals surface area contributed by atoms with Crippen molar-refractivity contribution in [2.45, 2.75) is 51.7 Å². The first kappa shape index (κ1) is 21.9. The predicted molar refractivity (Wildman–Crippen MR) is 96.0 cm³/mol. The van der Waals surface area contributed by atoms with Crippen LogP contribution in [0.4, 0.5) is 5.69 Å². The van der Waals surface area contributed by atoms with Crippen molar-refractivity contribution in [3.05, 3.63) is 33.9 Å². The van der Waals surface area contributed by atoms with E-state index in [2.05, 4.69) is 0 Å². The predicted octanol–water partition coefficient (Wildman–Crippen LogP) is 5.44. The maximum absolute atomic E-state index is 10.9. The van der Waals surface area contributed by atoms with Gasteiger partial charge in [-0.15, -0.1) is 11.8 Å². The second kappa shape index (κ2) is 12.3. The molecule has 1 saturated carbocycles. The van der Waals surface area contributed by atoms with Crippen molar-refractivity contribution in [1.82, 2.24) is 0 Å². The maximum atomic E-state index is 10.9. The Hall–Kier alpha value is -1.11. The van der Waals surface area contributed by atoms with Crippen LogP contribution in [-0.4, -0.2) is 24.9 Å². The molecule has 0 aromatic heterocycles. The SMILES string of the molecule is CC.CC.COC(OC)c1cc([N+](=O)[O-])ccc1SCC1CC1. The monoisotopic (exact) mass is 343 g/mol. The zero-order chi connectivity index (χ0) is 17.8. The molecule has 5 nitrogen and oxygen atoms in total. The average Bonchev–Trinajstić information content (AvgIpc) is 3.42. The van der Waals surface area contributed by atoms with E-state index in [1.165, 1.54) is 39.2 Å². The van der Waals surface area contributed by atoms with Gasteiger partial charge in [0, 0.05) is 42.6 Å². The van der Waals surface area contributed by atoms with Gasteiger partial charge in [0.2, 0.25) is 0 Å². The lowest BCUT2D eigenvalue weighted by atomic mass is 10.2. The van der Waals surface area contributed by atoms with Gasteiger partial charge >= 0.3 is 0 Å². The van der Waals surface area contributed by atoms with Gasteiger partial charge in [-0.3, -0.25) is 10.1 Å². The van der Waals surface area contributed by atoms with Crippen LogP contribution in [-0.2, 0) is 9.47 Å². The van der Waals surface area contributed by atoms with Crippen molar-refractivity contribution in [3.63, 3.8) is 0 Å². The molecule has 1 aromatic rings. The first-order chi connectivity index (χ1) is 11.2. The molecule has 1 aliphatic rings. The van der Waals surface area contributed by atoms with Crippen molar-refractivity contribution in [1.29, 1.82) is 0 Å². The standard InChI is InChI=1S/C13H17NO4S.2C2H6/c1-17-13(18-2)11-7-10(14(15)16)5-6-12(11)19-8-9-3-4-9;2*1-2/h5-7,9,13H,3-4,8H2,1-2H3;2*1-2H3. The van der Waals surface area contributed by atoms with Gasteiger partial charge in [0.05, 0.1) is 4.92 Å². The van der Waals surface area contributed by atoms with Crippen LogP contribution in [0.1, 0.15) is 52.4 Å². The van der Waals surface area contributed by atoms with Gasteiger partial charge in [0.15, 0.2) is 6.29 Å². The number of rotatable bonds is 7. The molecule has 0 saturated heterocycles. The fourth-order valence-corrected chi connectivity index (χ4v) is 3.04. The van der Waals surface area contributed by atoms with Gasteiger partial charge < -0.3 is 9.47 Å². The Morgan fingerprint density at radius 3 is 2.22 bits per heavy atom. The number of hydrogen-bond donors (Lipinski definition) is 0. The molecule has 0 heterocycles. The van der Waals surface area contributed by atoms with Crippen molar-refractivity contribution >= 4 is 17.4 Å². The zero-order valence-corrected chi connectivity index (χ0v) is 15.8. The number of methoxy groups -OCH3 is 2. The summed E-state index contributed by atoms with van der Waals surface area (Å²) >= 11 is 1.71. The summed E-state index contributed by atoms with van der Waals surface area (Å²) in [4.78, 5) is 11.4. The minimum Gasteiger partial charge on any atom is -0.352 e. The highest BCUT2D eigenvalue weighted by Gasteiger charge is 2.24. The van der Waals surface area contributed by atoms with Gasteiger partial charge in [-0.2, -0.15) is 0 Å². The molecule has 0 radical (unpaired) electrons. The van der Waals surface area contributed by atoms with Gasteiger partial charge in [-0.25, -0.2) is 0 Å². The van der Waals surface area contributed by atoms with E-state index in [1.807, 2.05) is 27.7 Å². The number of thioether (sulfide) groups is 1. The highest BCUT2D eigenvalue weighted by atomic mass is 32.2. The van der Waals surface area contributed by atoms with Crippen molar-refractivity contribution in [2.75, 3.05) is 20.0 Å². The number of hydrogen-bond acceptors (Lipinski definition) is 5. The Morgan fingerprint density at radius 2 is 1.78 bits per heavy atom. The first-order valence-electron chi connectivity index (χ1n) is 8.12. The van der Waals surface area contributed by atoms with Crippen LogP contribution in [0.25, 0.3) is 0 Å². The molecule has 2 rings (SSSR count). The molecule has 132 valence electrons. The summed E-state index contributed by atoms with van der Waals surface area (Å²) in [7, 11) is 3.06. The van der Waals surface area contributed by atoms with E-state index in [0.717, 1.165) is 22.1 Å². The Kier molecular flexibility index (Phi) is 11.7. The molecule has 0 atom stereocenters. The quantitative estimate of drug-likeness (QED) is 0.285. The molecule has 1 aliphatic carbocycles. The smallest absolute Gasteiger partial charge is 0.269 e. The minimum atomic E-state index is -0.568. The molecule has 0 bridgehead atoms. The molecule has 0 amide bonds. The Labute approximate surface area is 143 Å². The lowest BCUT2D eigenvalue weighted by molar-refractivity contribution is -0.385.